The molecule has 25 heavy (non-hydrogen) atoms. The molecule has 130 valence electrons. The molecule has 0 radical (unpaired) electrons. The molecule has 1 atom stereocenters. The van der Waals surface area contributed by atoms with Crippen LogP contribution >= 0.6 is 23.2 Å². The van der Waals surface area contributed by atoms with Crippen molar-refractivity contribution in [1.82, 2.24) is 16.0 Å². The van der Waals surface area contributed by atoms with E-state index in [1.807, 2.05) is 0 Å². The molecule has 1 saturated heterocycles. The van der Waals surface area contributed by atoms with E-state index in [4.69, 9.17) is 27.7 Å². The standard InChI is InChI=1S/C15H12Cl2N4O4/c1-7-4-10(20-25-7)14(23)19-18-11-6-13(22)21(15(11)24)12-3-2-8(16)5-9(12)17/h2-5,11,18H,6H2,1H3,(H,19,23)/t11-/m1/s1. The van der Waals surface area contributed by atoms with Crippen LogP contribution in [0, 0.1) is 6.92 Å². The van der Waals surface area contributed by atoms with Gasteiger partial charge in [-0.1, -0.05) is 28.4 Å². The van der Waals surface area contributed by atoms with Gasteiger partial charge in [-0.15, -0.1) is 0 Å². The van der Waals surface area contributed by atoms with Crippen molar-refractivity contribution in [2.45, 2.75) is 19.4 Å². The monoisotopic (exact) mass is 382 g/mol. The van der Waals surface area contributed by atoms with Crippen LogP contribution in [0.15, 0.2) is 28.8 Å². The van der Waals surface area contributed by atoms with Crippen LogP contribution in [-0.4, -0.2) is 28.9 Å². The molecule has 2 aromatic rings. The predicted molar refractivity (Wildman–Crippen MR) is 89.2 cm³/mol. The number of anilines is 1. The van der Waals surface area contributed by atoms with Gasteiger partial charge in [0.05, 0.1) is 17.1 Å². The number of nitrogens with zero attached hydrogens (tertiary/aromatic N) is 2. The van der Waals surface area contributed by atoms with E-state index in [1.54, 1.807) is 6.92 Å². The average molecular weight is 383 g/mol. The van der Waals surface area contributed by atoms with Crippen LogP contribution in [0.25, 0.3) is 0 Å². The molecule has 2 heterocycles. The number of carbonyl (C=O) groups is 3. The van der Waals surface area contributed by atoms with Gasteiger partial charge in [0, 0.05) is 11.1 Å². The van der Waals surface area contributed by atoms with Gasteiger partial charge in [-0.05, 0) is 25.1 Å². The molecule has 10 heteroatoms. The number of hydrazine groups is 1. The number of halogens is 2. The van der Waals surface area contributed by atoms with E-state index >= 15 is 0 Å². The summed E-state index contributed by atoms with van der Waals surface area (Å²) in [5.41, 5.74) is 5.17. The van der Waals surface area contributed by atoms with E-state index < -0.39 is 23.8 Å². The minimum Gasteiger partial charge on any atom is -0.361 e. The van der Waals surface area contributed by atoms with Crippen LogP contribution in [0.1, 0.15) is 22.7 Å². The summed E-state index contributed by atoms with van der Waals surface area (Å²) >= 11 is 11.9. The molecule has 8 nitrogen and oxygen atoms in total. The molecule has 0 spiro atoms. The van der Waals surface area contributed by atoms with Gasteiger partial charge in [0.2, 0.25) is 5.91 Å². The maximum absolute atomic E-state index is 12.5. The molecule has 1 fully saturated rings. The first-order chi connectivity index (χ1) is 11.9. The van der Waals surface area contributed by atoms with Crippen molar-refractivity contribution in [3.05, 3.63) is 45.8 Å². The molecular formula is C15H12Cl2N4O4. The molecular weight excluding hydrogens is 371 g/mol. The highest BCUT2D eigenvalue weighted by molar-refractivity contribution is 6.38. The minimum absolute atomic E-state index is 0.0550. The molecule has 3 amide bonds. The third-order valence-electron chi connectivity index (χ3n) is 3.52. The SMILES string of the molecule is Cc1cc(C(=O)NN[C@@H]2CC(=O)N(c3ccc(Cl)cc3Cl)C2=O)no1. The average Bonchev–Trinajstić information content (AvgIpc) is 3.10. The molecule has 0 aliphatic carbocycles. The Morgan fingerprint density at radius 3 is 2.72 bits per heavy atom. The lowest BCUT2D eigenvalue weighted by molar-refractivity contribution is -0.121. The zero-order valence-corrected chi connectivity index (χ0v) is 14.4. The van der Waals surface area contributed by atoms with E-state index in [0.717, 1.165) is 4.90 Å². The summed E-state index contributed by atoms with van der Waals surface area (Å²) in [4.78, 5) is 37.5. The van der Waals surface area contributed by atoms with E-state index in [-0.39, 0.29) is 22.8 Å². The van der Waals surface area contributed by atoms with Gasteiger partial charge >= 0.3 is 0 Å². The van der Waals surface area contributed by atoms with Gasteiger partial charge in [-0.3, -0.25) is 19.8 Å². The highest BCUT2D eigenvalue weighted by Crippen LogP contribution is 2.32. The molecule has 1 aliphatic rings. The van der Waals surface area contributed by atoms with Gasteiger partial charge in [-0.2, -0.15) is 0 Å². The highest BCUT2D eigenvalue weighted by atomic mass is 35.5. The molecule has 0 unspecified atom stereocenters. The van der Waals surface area contributed by atoms with E-state index in [1.165, 1.54) is 24.3 Å². The second-order valence-corrected chi connectivity index (χ2v) is 6.18. The number of hydrogen-bond acceptors (Lipinski definition) is 6. The summed E-state index contributed by atoms with van der Waals surface area (Å²) < 4.78 is 4.80. The van der Waals surface area contributed by atoms with Crippen LogP contribution in [-0.2, 0) is 9.59 Å². The Morgan fingerprint density at radius 2 is 2.08 bits per heavy atom. The molecule has 1 aromatic heterocycles. The van der Waals surface area contributed by atoms with Gasteiger partial charge < -0.3 is 4.52 Å². The first-order valence-corrected chi connectivity index (χ1v) is 7.93. The van der Waals surface area contributed by atoms with Crippen molar-refractivity contribution < 1.29 is 18.9 Å². The number of imide groups is 1. The van der Waals surface area contributed by atoms with Crippen LogP contribution in [0.2, 0.25) is 10.0 Å². The number of amides is 3. The topological polar surface area (TPSA) is 105 Å². The summed E-state index contributed by atoms with van der Waals surface area (Å²) in [6, 6.07) is 4.97. The fourth-order valence-electron chi connectivity index (χ4n) is 2.35. The molecule has 0 saturated carbocycles. The maximum Gasteiger partial charge on any atom is 0.287 e. The highest BCUT2D eigenvalue weighted by Gasteiger charge is 2.40. The second kappa shape index (κ2) is 6.83. The number of hydrogen-bond donors (Lipinski definition) is 2. The number of aryl methyl sites for hydroxylation is 1. The lowest BCUT2D eigenvalue weighted by Gasteiger charge is -2.17. The van der Waals surface area contributed by atoms with E-state index in [0.29, 0.717) is 10.8 Å². The fraction of sp³-hybridized carbons (Fsp3) is 0.200. The summed E-state index contributed by atoms with van der Waals surface area (Å²) in [5.74, 6) is -1.09. The van der Waals surface area contributed by atoms with Crippen molar-refractivity contribution in [2.75, 3.05) is 4.90 Å². The Hall–Kier alpha value is -2.42. The van der Waals surface area contributed by atoms with Crippen LogP contribution in [0.5, 0.6) is 0 Å². The van der Waals surface area contributed by atoms with Gasteiger partial charge in [0.1, 0.15) is 11.8 Å². The molecule has 3 rings (SSSR count). The molecule has 1 aliphatic heterocycles. The number of rotatable bonds is 4. The zero-order chi connectivity index (χ0) is 18.1. The maximum atomic E-state index is 12.5. The quantitative estimate of drug-likeness (QED) is 0.617. The molecule has 1 aromatic carbocycles. The molecule has 2 N–H and O–H groups in total. The molecule has 0 bridgehead atoms. The summed E-state index contributed by atoms with van der Waals surface area (Å²) in [6.45, 7) is 1.64. The largest absolute Gasteiger partial charge is 0.361 e. The second-order valence-electron chi connectivity index (χ2n) is 5.34. The van der Waals surface area contributed by atoms with Crippen molar-refractivity contribution in [2.24, 2.45) is 0 Å². The van der Waals surface area contributed by atoms with Crippen LogP contribution in [0.3, 0.4) is 0 Å². The van der Waals surface area contributed by atoms with Gasteiger partial charge in [0.15, 0.2) is 5.69 Å². The van der Waals surface area contributed by atoms with Crippen molar-refractivity contribution in [3.8, 4) is 0 Å². The van der Waals surface area contributed by atoms with Crippen molar-refractivity contribution in [1.29, 1.82) is 0 Å². The Bertz CT molecular complexity index is 867. The van der Waals surface area contributed by atoms with Crippen LogP contribution < -0.4 is 15.8 Å². The summed E-state index contributed by atoms with van der Waals surface area (Å²) in [5, 5.41) is 4.12. The summed E-state index contributed by atoms with van der Waals surface area (Å²) in [6.07, 6.45) is -0.129. The lowest BCUT2D eigenvalue weighted by Crippen LogP contribution is -2.48. The fourth-order valence-corrected chi connectivity index (χ4v) is 2.84. The lowest BCUT2D eigenvalue weighted by atomic mass is 10.2. The Labute approximate surface area is 152 Å². The van der Waals surface area contributed by atoms with Crippen LogP contribution in [0.4, 0.5) is 5.69 Å². The van der Waals surface area contributed by atoms with Crippen molar-refractivity contribution >= 4 is 46.6 Å². The minimum atomic E-state index is -0.920. The predicted octanol–water partition coefficient (Wildman–Crippen LogP) is 1.86. The zero-order valence-electron chi connectivity index (χ0n) is 12.9. The first kappa shape index (κ1) is 17.4. The number of benzene rings is 1. The normalized spacial score (nSPS) is 17.2. The third-order valence-corrected chi connectivity index (χ3v) is 4.06. The number of carbonyl (C=O) groups excluding carboxylic acids is 3. The first-order valence-electron chi connectivity index (χ1n) is 7.18. The Balaban J connectivity index is 1.70. The number of nitrogens with one attached hydrogen (secondary N) is 2. The van der Waals surface area contributed by atoms with Gasteiger partial charge in [0.25, 0.3) is 11.8 Å². The smallest absolute Gasteiger partial charge is 0.287 e. The van der Waals surface area contributed by atoms with E-state index in [2.05, 4.69) is 16.0 Å². The van der Waals surface area contributed by atoms with Gasteiger partial charge in [-0.25, -0.2) is 10.3 Å². The van der Waals surface area contributed by atoms with Crippen molar-refractivity contribution in [3.63, 3.8) is 0 Å². The number of aromatic nitrogens is 1. The Kier molecular flexibility index (Phi) is 4.76. The summed E-state index contributed by atoms with van der Waals surface area (Å²) in [7, 11) is 0. The Morgan fingerprint density at radius 1 is 1.32 bits per heavy atom. The third kappa shape index (κ3) is 3.51. The van der Waals surface area contributed by atoms with E-state index in [9.17, 15) is 14.4 Å².